The van der Waals surface area contributed by atoms with Crippen molar-refractivity contribution in [1.29, 1.82) is 0 Å². The van der Waals surface area contributed by atoms with Crippen molar-refractivity contribution < 1.29 is 23.5 Å². The van der Waals surface area contributed by atoms with Crippen molar-refractivity contribution in [3.63, 3.8) is 0 Å². The second-order valence-electron chi connectivity index (χ2n) is 14.6. The predicted octanol–water partition coefficient (Wildman–Crippen LogP) is 5.03. The van der Waals surface area contributed by atoms with Crippen molar-refractivity contribution in [2.45, 2.75) is 71.2 Å². The Bertz CT molecular complexity index is 2110. The molecule has 0 saturated carbocycles. The van der Waals surface area contributed by atoms with Gasteiger partial charge in [-0.15, -0.1) is 0 Å². The minimum Gasteiger partial charge on any atom is -0.461 e. The number of ether oxygens (including phenoxy) is 2. The first kappa shape index (κ1) is 35.0. The van der Waals surface area contributed by atoms with E-state index in [1.165, 1.54) is 34.9 Å². The molecule has 1 amide bonds. The molecule has 1 unspecified atom stereocenters. The summed E-state index contributed by atoms with van der Waals surface area (Å²) < 4.78 is 30.1. The van der Waals surface area contributed by atoms with Crippen molar-refractivity contribution >= 4 is 34.8 Å². The second kappa shape index (κ2) is 14.4. The number of nitrogens with one attached hydrogen (secondary N) is 1. The van der Waals surface area contributed by atoms with E-state index in [0.29, 0.717) is 59.1 Å². The Kier molecular flexibility index (Phi) is 9.54. The maximum absolute atomic E-state index is 15.7. The number of nitrogens with zero attached hydrogens (tertiary/aromatic N) is 6. The monoisotopic (exact) mass is 723 g/mol. The van der Waals surface area contributed by atoms with E-state index >= 15 is 4.39 Å². The number of aromatic nitrogens is 3. The number of halogens is 1. The molecular formula is C40H46FN7O5. The van der Waals surface area contributed by atoms with Crippen LogP contribution in [0, 0.1) is 5.82 Å². The molecule has 13 heteroatoms. The maximum atomic E-state index is 15.7. The van der Waals surface area contributed by atoms with E-state index in [0.717, 1.165) is 70.6 Å². The van der Waals surface area contributed by atoms with Gasteiger partial charge in [-0.1, -0.05) is 6.92 Å². The molecule has 0 spiro atoms. The van der Waals surface area contributed by atoms with Gasteiger partial charge in [0.2, 0.25) is 0 Å². The zero-order valence-electron chi connectivity index (χ0n) is 30.6. The fourth-order valence-corrected chi connectivity index (χ4v) is 8.36. The highest BCUT2D eigenvalue weighted by molar-refractivity contribution is 6.07. The third kappa shape index (κ3) is 6.72. The van der Waals surface area contributed by atoms with Crippen LogP contribution in [0.5, 0.6) is 0 Å². The summed E-state index contributed by atoms with van der Waals surface area (Å²) in [6.07, 6.45) is 8.55. The van der Waals surface area contributed by atoms with Crippen LogP contribution < -0.4 is 20.7 Å². The minimum absolute atomic E-state index is 0.183. The molecule has 53 heavy (non-hydrogen) atoms. The van der Waals surface area contributed by atoms with Gasteiger partial charge in [0.1, 0.15) is 29.6 Å². The SMILES string of the molecule is CCC1CN(C2COC2)CCN1c1ccc(Nc2cc(-c3cc(F)cc(N4CCn5c(cc6c5CCCC6)C4=O)c3COC(C)=O)cn(C)c2=O)nc1. The number of carbonyl (C=O) groups excluding carboxylic acids is 2. The normalized spacial score (nSPS) is 19.1. The Morgan fingerprint density at radius 1 is 1.06 bits per heavy atom. The molecule has 4 aliphatic rings. The number of amides is 1. The molecule has 3 aliphatic heterocycles. The van der Waals surface area contributed by atoms with Gasteiger partial charge >= 0.3 is 5.97 Å². The fourth-order valence-electron chi connectivity index (χ4n) is 8.36. The first-order chi connectivity index (χ1) is 25.7. The number of piperazine rings is 1. The highest BCUT2D eigenvalue weighted by Crippen LogP contribution is 2.37. The van der Waals surface area contributed by atoms with Gasteiger partial charge in [0.25, 0.3) is 11.5 Å². The van der Waals surface area contributed by atoms with E-state index in [1.54, 1.807) is 24.2 Å². The van der Waals surface area contributed by atoms with E-state index in [2.05, 4.69) is 31.6 Å². The van der Waals surface area contributed by atoms with Gasteiger partial charge in [-0.3, -0.25) is 19.3 Å². The molecule has 278 valence electrons. The van der Waals surface area contributed by atoms with Crippen LogP contribution in [0.15, 0.2) is 53.6 Å². The molecule has 2 saturated heterocycles. The van der Waals surface area contributed by atoms with Crippen LogP contribution in [0.2, 0.25) is 0 Å². The van der Waals surface area contributed by atoms with Crippen LogP contribution in [0.4, 0.5) is 27.3 Å². The Hall–Kier alpha value is -5.01. The Balaban J connectivity index is 1.09. The fraction of sp³-hybridized carbons (Fsp3) is 0.450. The molecule has 2 fully saturated rings. The number of hydrogen-bond donors (Lipinski definition) is 1. The number of fused-ring (bicyclic) bond motifs is 3. The van der Waals surface area contributed by atoms with E-state index in [-0.39, 0.29) is 23.8 Å². The van der Waals surface area contributed by atoms with Crippen LogP contribution in [0.3, 0.4) is 0 Å². The zero-order valence-corrected chi connectivity index (χ0v) is 30.6. The third-order valence-electron chi connectivity index (χ3n) is 11.3. The summed E-state index contributed by atoms with van der Waals surface area (Å²) in [5.41, 5.74) is 5.73. The van der Waals surface area contributed by atoms with Gasteiger partial charge in [0, 0.05) is 75.8 Å². The van der Waals surface area contributed by atoms with Crippen LogP contribution in [-0.4, -0.2) is 82.4 Å². The average molecular weight is 724 g/mol. The number of pyridine rings is 2. The van der Waals surface area contributed by atoms with E-state index in [9.17, 15) is 14.4 Å². The Morgan fingerprint density at radius 3 is 2.62 bits per heavy atom. The van der Waals surface area contributed by atoms with Crippen molar-refractivity contribution in [2.24, 2.45) is 7.05 Å². The molecule has 1 N–H and O–H groups in total. The summed E-state index contributed by atoms with van der Waals surface area (Å²) in [6.45, 7) is 8.72. The lowest BCUT2D eigenvalue weighted by atomic mass is 9.97. The number of aryl methyl sites for hydroxylation is 2. The number of benzene rings is 1. The average Bonchev–Trinajstić information content (AvgIpc) is 3.52. The van der Waals surface area contributed by atoms with E-state index in [4.69, 9.17) is 9.47 Å². The van der Waals surface area contributed by atoms with Crippen molar-refractivity contribution in [3.8, 4) is 11.1 Å². The molecule has 1 aliphatic carbocycles. The van der Waals surface area contributed by atoms with Crippen LogP contribution >= 0.6 is 0 Å². The first-order valence-corrected chi connectivity index (χ1v) is 18.7. The smallest absolute Gasteiger partial charge is 0.302 e. The molecule has 8 rings (SSSR count). The van der Waals surface area contributed by atoms with E-state index in [1.807, 2.05) is 24.4 Å². The maximum Gasteiger partial charge on any atom is 0.302 e. The Morgan fingerprint density at radius 2 is 1.89 bits per heavy atom. The van der Waals surface area contributed by atoms with Crippen molar-refractivity contribution in [2.75, 3.05) is 54.5 Å². The summed E-state index contributed by atoms with van der Waals surface area (Å²) in [4.78, 5) is 50.8. The van der Waals surface area contributed by atoms with Gasteiger partial charge in [-0.05, 0) is 79.6 Å². The number of esters is 1. The molecule has 3 aromatic heterocycles. The predicted molar refractivity (Wildman–Crippen MR) is 200 cm³/mol. The van der Waals surface area contributed by atoms with Gasteiger partial charge in [0.05, 0.1) is 36.8 Å². The lowest BCUT2D eigenvalue weighted by Gasteiger charge is -2.47. The summed E-state index contributed by atoms with van der Waals surface area (Å²) >= 11 is 0. The van der Waals surface area contributed by atoms with Gasteiger partial charge in [0.15, 0.2) is 0 Å². The quantitative estimate of drug-likeness (QED) is 0.238. The number of carbonyl (C=O) groups is 2. The highest BCUT2D eigenvalue weighted by atomic mass is 19.1. The van der Waals surface area contributed by atoms with Gasteiger partial charge in [-0.25, -0.2) is 9.37 Å². The van der Waals surface area contributed by atoms with Crippen LogP contribution in [0.1, 0.15) is 60.4 Å². The zero-order chi connectivity index (χ0) is 36.8. The molecular weight excluding hydrogens is 677 g/mol. The summed E-state index contributed by atoms with van der Waals surface area (Å²) in [5.74, 6) is -0.785. The number of hydrogen-bond acceptors (Lipinski definition) is 9. The molecule has 1 atom stereocenters. The third-order valence-corrected chi connectivity index (χ3v) is 11.3. The van der Waals surface area contributed by atoms with Crippen LogP contribution in [0.25, 0.3) is 11.1 Å². The summed E-state index contributed by atoms with van der Waals surface area (Å²) in [5, 5.41) is 3.19. The van der Waals surface area contributed by atoms with Crippen molar-refractivity contribution in [3.05, 3.63) is 87.5 Å². The molecule has 0 bridgehead atoms. The molecule has 6 heterocycles. The standard InChI is InChI=1S/C40H46FN7O5/c1-4-29-21-45(31-22-52-23-31)11-12-46(29)30-9-10-38(42-19-30)43-34-15-27(20-44(3)39(34)50)32-17-28(41)18-36(33(32)24-53-25(2)49)48-14-13-47-35-8-6-5-7-26(35)16-37(47)40(48)51/h9-10,15-20,29,31H,4-8,11-14,21-24H2,1-3H3,(H,42,43). The lowest BCUT2D eigenvalue weighted by molar-refractivity contribution is -0.142. The number of rotatable bonds is 9. The largest absolute Gasteiger partial charge is 0.461 e. The van der Waals surface area contributed by atoms with Crippen molar-refractivity contribution in [1.82, 2.24) is 19.0 Å². The summed E-state index contributed by atoms with van der Waals surface area (Å²) in [7, 11) is 1.63. The molecule has 4 aromatic rings. The lowest BCUT2D eigenvalue weighted by Crippen LogP contribution is -2.60. The van der Waals surface area contributed by atoms with Gasteiger partial charge in [-0.2, -0.15) is 0 Å². The number of anilines is 4. The molecule has 1 aromatic carbocycles. The van der Waals surface area contributed by atoms with Crippen LogP contribution in [-0.2, 0) is 47.3 Å². The van der Waals surface area contributed by atoms with Gasteiger partial charge < -0.3 is 33.7 Å². The first-order valence-electron chi connectivity index (χ1n) is 18.7. The molecule has 0 radical (unpaired) electrons. The highest BCUT2D eigenvalue weighted by Gasteiger charge is 2.34. The topological polar surface area (TPSA) is 114 Å². The minimum atomic E-state index is -0.553. The van der Waals surface area contributed by atoms with E-state index < -0.39 is 11.8 Å². The molecule has 12 nitrogen and oxygen atoms in total. The second-order valence-corrected chi connectivity index (χ2v) is 14.6. The summed E-state index contributed by atoms with van der Waals surface area (Å²) in [6, 6.07) is 11.1. The Labute approximate surface area is 308 Å².